The first-order valence-corrected chi connectivity index (χ1v) is 8.89. The van der Waals surface area contributed by atoms with Gasteiger partial charge in [0.1, 0.15) is 25.9 Å². The van der Waals surface area contributed by atoms with Crippen molar-refractivity contribution in [1.29, 1.82) is 0 Å². The van der Waals surface area contributed by atoms with Crippen molar-refractivity contribution in [2.24, 2.45) is 16.2 Å². The van der Waals surface area contributed by atoms with Crippen LogP contribution in [0.4, 0.5) is 0 Å². The fraction of sp³-hybridized carbons (Fsp3) is 0.842. The van der Waals surface area contributed by atoms with E-state index in [1.165, 1.54) is 0 Å². The molecule has 1 atom stereocenters. The van der Waals surface area contributed by atoms with Gasteiger partial charge in [-0.15, -0.1) is 0 Å². The molecule has 0 aromatic rings. The van der Waals surface area contributed by atoms with Crippen LogP contribution in [0.3, 0.4) is 0 Å². The zero-order valence-electron chi connectivity index (χ0n) is 17.0. The second kappa shape index (κ2) is 8.37. The number of hydrogen-bond donors (Lipinski definition) is 0. The Balaban J connectivity index is 2.42. The van der Waals surface area contributed by atoms with Gasteiger partial charge in [-0.1, -0.05) is 0 Å². The van der Waals surface area contributed by atoms with Crippen molar-refractivity contribution in [3.05, 3.63) is 0 Å². The van der Waals surface area contributed by atoms with Gasteiger partial charge < -0.3 is 18.9 Å². The van der Waals surface area contributed by atoms with Gasteiger partial charge in [0.15, 0.2) is 0 Å². The van der Waals surface area contributed by atoms with Gasteiger partial charge in [-0.05, 0) is 54.9 Å². The van der Waals surface area contributed by atoms with Crippen molar-refractivity contribution in [3.63, 3.8) is 0 Å². The molecule has 0 bridgehead atoms. The van der Waals surface area contributed by atoms with Gasteiger partial charge in [-0.3, -0.25) is 14.4 Å². The molecule has 1 heterocycles. The van der Waals surface area contributed by atoms with Crippen molar-refractivity contribution in [1.82, 2.24) is 0 Å². The van der Waals surface area contributed by atoms with Crippen LogP contribution in [0.1, 0.15) is 54.9 Å². The quantitative estimate of drug-likeness (QED) is 0.266. The average molecular weight is 372 g/mol. The van der Waals surface area contributed by atoms with E-state index in [4.69, 9.17) is 18.9 Å². The molecule has 0 aliphatic carbocycles. The van der Waals surface area contributed by atoms with Crippen LogP contribution in [0.15, 0.2) is 0 Å². The van der Waals surface area contributed by atoms with Crippen molar-refractivity contribution >= 4 is 17.9 Å². The average Bonchev–Trinajstić information content (AvgIpc) is 3.30. The lowest BCUT2D eigenvalue weighted by atomic mass is 9.75. The molecule has 1 saturated heterocycles. The maximum absolute atomic E-state index is 12.3. The van der Waals surface area contributed by atoms with Gasteiger partial charge in [0.05, 0.1) is 22.9 Å². The topological polar surface area (TPSA) is 91.4 Å². The molecule has 0 spiro atoms. The highest BCUT2D eigenvalue weighted by atomic mass is 16.6. The smallest absolute Gasteiger partial charge is 0.311 e. The molecule has 0 aromatic heterocycles. The minimum Gasteiger partial charge on any atom is -0.462 e. The van der Waals surface area contributed by atoms with Gasteiger partial charge in [0.2, 0.25) is 0 Å². The van der Waals surface area contributed by atoms with Crippen LogP contribution in [0.5, 0.6) is 0 Å². The monoisotopic (exact) mass is 372 g/mol. The number of esters is 3. The Hall–Kier alpha value is -1.63. The second-order valence-corrected chi connectivity index (χ2v) is 9.02. The first kappa shape index (κ1) is 22.4. The summed E-state index contributed by atoms with van der Waals surface area (Å²) in [6, 6.07) is 0. The van der Waals surface area contributed by atoms with Gasteiger partial charge in [-0.25, -0.2) is 0 Å². The Labute approximate surface area is 155 Å². The van der Waals surface area contributed by atoms with E-state index in [0.717, 1.165) is 0 Å². The summed E-state index contributed by atoms with van der Waals surface area (Å²) < 4.78 is 20.5. The molecule has 1 rings (SSSR count). The third kappa shape index (κ3) is 7.32. The molecule has 0 radical (unpaired) electrons. The zero-order valence-corrected chi connectivity index (χ0v) is 17.0. The van der Waals surface area contributed by atoms with Crippen molar-refractivity contribution in [2.75, 3.05) is 26.4 Å². The molecule has 1 aliphatic rings. The predicted octanol–water partition coefficient (Wildman–Crippen LogP) is 2.50. The van der Waals surface area contributed by atoms with E-state index >= 15 is 0 Å². The number of rotatable bonds is 9. The van der Waals surface area contributed by atoms with Crippen LogP contribution in [-0.2, 0) is 33.3 Å². The highest BCUT2D eigenvalue weighted by molar-refractivity contribution is 5.80. The first-order chi connectivity index (χ1) is 11.8. The SMILES string of the molecule is CC(C)(C)C(=O)OCCOC(=O)C(C)(C)CC(C)(C)C(=O)OCC1CO1. The van der Waals surface area contributed by atoms with Crippen molar-refractivity contribution in [3.8, 4) is 0 Å². The van der Waals surface area contributed by atoms with E-state index in [2.05, 4.69) is 0 Å². The zero-order chi connectivity index (χ0) is 20.2. The fourth-order valence-electron chi connectivity index (χ4n) is 2.46. The second-order valence-electron chi connectivity index (χ2n) is 9.02. The highest BCUT2D eigenvalue weighted by Crippen LogP contribution is 2.36. The van der Waals surface area contributed by atoms with E-state index in [1.54, 1.807) is 48.5 Å². The number of hydrogen-bond acceptors (Lipinski definition) is 7. The van der Waals surface area contributed by atoms with Crippen molar-refractivity contribution < 1.29 is 33.3 Å². The summed E-state index contributed by atoms with van der Waals surface area (Å²) in [5.41, 5.74) is -2.32. The molecule has 150 valence electrons. The Morgan fingerprint density at radius 2 is 1.23 bits per heavy atom. The third-order valence-corrected chi connectivity index (χ3v) is 3.95. The molecular formula is C19H32O7. The fourth-order valence-corrected chi connectivity index (χ4v) is 2.46. The Morgan fingerprint density at radius 1 is 0.808 bits per heavy atom. The summed E-state index contributed by atoms with van der Waals surface area (Å²) in [6.45, 7) is 13.0. The maximum atomic E-state index is 12.3. The molecule has 1 unspecified atom stereocenters. The molecule has 0 aromatic carbocycles. The number of epoxide rings is 1. The Morgan fingerprint density at radius 3 is 1.65 bits per heavy atom. The lowest BCUT2D eigenvalue weighted by molar-refractivity contribution is -0.166. The summed E-state index contributed by atoms with van der Waals surface area (Å²) in [4.78, 5) is 36.2. The highest BCUT2D eigenvalue weighted by Gasteiger charge is 2.41. The van der Waals surface area contributed by atoms with E-state index < -0.39 is 22.2 Å². The lowest BCUT2D eigenvalue weighted by Crippen LogP contribution is -2.38. The van der Waals surface area contributed by atoms with E-state index in [-0.39, 0.29) is 44.3 Å². The molecule has 0 N–H and O–H groups in total. The molecule has 1 aliphatic heterocycles. The summed E-state index contributed by atoms with van der Waals surface area (Å²) in [6.07, 6.45) is 0.272. The summed E-state index contributed by atoms with van der Waals surface area (Å²) in [5, 5.41) is 0. The molecule has 0 saturated carbocycles. The third-order valence-electron chi connectivity index (χ3n) is 3.95. The largest absolute Gasteiger partial charge is 0.462 e. The molecular weight excluding hydrogens is 340 g/mol. The van der Waals surface area contributed by atoms with E-state index in [0.29, 0.717) is 6.61 Å². The Bertz CT molecular complexity index is 524. The van der Waals surface area contributed by atoms with Crippen LogP contribution in [0, 0.1) is 16.2 Å². The molecule has 1 fully saturated rings. The minimum absolute atomic E-state index is 0.00327. The number of carbonyl (C=O) groups is 3. The molecule has 0 amide bonds. The maximum Gasteiger partial charge on any atom is 0.311 e. The van der Waals surface area contributed by atoms with E-state index in [9.17, 15) is 14.4 Å². The van der Waals surface area contributed by atoms with Gasteiger partial charge in [0.25, 0.3) is 0 Å². The molecule has 7 nitrogen and oxygen atoms in total. The van der Waals surface area contributed by atoms with Crippen LogP contribution in [-0.4, -0.2) is 50.4 Å². The summed E-state index contributed by atoms with van der Waals surface area (Å²) in [7, 11) is 0. The van der Waals surface area contributed by atoms with Gasteiger partial charge in [0, 0.05) is 0 Å². The summed E-state index contributed by atoms with van der Waals surface area (Å²) >= 11 is 0. The number of carbonyl (C=O) groups excluding carboxylic acids is 3. The predicted molar refractivity (Wildman–Crippen MR) is 94.3 cm³/mol. The Kier molecular flexibility index (Phi) is 7.22. The first-order valence-electron chi connectivity index (χ1n) is 8.89. The van der Waals surface area contributed by atoms with E-state index in [1.807, 2.05) is 0 Å². The molecule has 26 heavy (non-hydrogen) atoms. The lowest BCUT2D eigenvalue weighted by Gasteiger charge is -2.31. The van der Waals surface area contributed by atoms with Crippen LogP contribution >= 0.6 is 0 Å². The van der Waals surface area contributed by atoms with Crippen LogP contribution in [0.2, 0.25) is 0 Å². The molecule has 7 heteroatoms. The van der Waals surface area contributed by atoms with Crippen LogP contribution < -0.4 is 0 Å². The normalized spacial score (nSPS) is 17.4. The number of ether oxygens (including phenoxy) is 4. The van der Waals surface area contributed by atoms with Gasteiger partial charge >= 0.3 is 17.9 Å². The standard InChI is InChI=1S/C19H32O7/c1-17(2,3)14(20)23-8-9-24-15(21)18(4,5)12-19(6,7)16(22)26-11-13-10-25-13/h13H,8-12H2,1-7H3. The minimum atomic E-state index is -0.882. The summed E-state index contributed by atoms with van der Waals surface area (Å²) in [5.74, 6) is -1.17. The van der Waals surface area contributed by atoms with Gasteiger partial charge in [-0.2, -0.15) is 0 Å². The van der Waals surface area contributed by atoms with Crippen molar-refractivity contribution in [2.45, 2.75) is 61.0 Å². The van der Waals surface area contributed by atoms with Crippen LogP contribution in [0.25, 0.3) is 0 Å².